The molecular weight excluding hydrogens is 338 g/mol. The molecule has 1 aliphatic rings. The Balaban J connectivity index is 1.81. The molecule has 5 nitrogen and oxygen atoms in total. The summed E-state index contributed by atoms with van der Waals surface area (Å²) >= 11 is 0. The molecule has 1 aromatic carbocycles. The molecule has 1 amide bonds. The Morgan fingerprint density at radius 2 is 1.93 bits per heavy atom. The Morgan fingerprint density at radius 1 is 1.19 bits per heavy atom. The van der Waals surface area contributed by atoms with Crippen molar-refractivity contribution < 1.29 is 9.53 Å². The smallest absolute Gasteiger partial charge is 0.255 e. The third kappa shape index (κ3) is 4.86. The topological polar surface area (TPSA) is 77.2 Å². The van der Waals surface area contributed by atoms with Gasteiger partial charge in [-0.25, -0.2) is 0 Å². The van der Waals surface area contributed by atoms with Crippen LogP contribution in [0.1, 0.15) is 54.7 Å². The molecule has 5 heteroatoms. The van der Waals surface area contributed by atoms with Crippen molar-refractivity contribution in [2.75, 3.05) is 13.2 Å². The lowest BCUT2D eigenvalue weighted by molar-refractivity contribution is 0.0901. The van der Waals surface area contributed by atoms with E-state index in [4.69, 9.17) is 10.5 Å². The first-order valence-corrected chi connectivity index (χ1v) is 9.86. The third-order valence-corrected chi connectivity index (χ3v) is 5.42. The SMILES string of the molecule is CCOc1ccccc1C(=O)NC(c1ccccn1)C1CCC(CN)CC1. The van der Waals surface area contributed by atoms with Gasteiger partial charge < -0.3 is 15.8 Å². The standard InChI is InChI=1S/C22H29N3O2/c1-2-27-20-9-4-3-7-18(20)22(26)25-21(19-8-5-6-14-24-19)17-12-10-16(15-23)11-13-17/h3-9,14,16-17,21H,2,10-13,15,23H2,1H3,(H,25,26). The normalized spacial score (nSPS) is 20.7. The molecule has 1 atom stereocenters. The lowest BCUT2D eigenvalue weighted by atomic mass is 9.77. The molecule has 1 heterocycles. The number of carbonyl (C=O) groups is 1. The molecule has 1 fully saturated rings. The average molecular weight is 367 g/mol. The van der Waals surface area contributed by atoms with Crippen LogP contribution < -0.4 is 15.8 Å². The predicted octanol–water partition coefficient (Wildman–Crippen LogP) is 3.72. The number of benzene rings is 1. The summed E-state index contributed by atoms with van der Waals surface area (Å²) < 4.78 is 5.63. The monoisotopic (exact) mass is 367 g/mol. The summed E-state index contributed by atoms with van der Waals surface area (Å²) in [6.45, 7) is 3.19. The van der Waals surface area contributed by atoms with Crippen molar-refractivity contribution in [2.45, 2.75) is 38.6 Å². The number of nitrogens with two attached hydrogens (primary N) is 1. The molecular formula is C22H29N3O2. The van der Waals surface area contributed by atoms with E-state index in [1.807, 2.05) is 43.3 Å². The first-order chi connectivity index (χ1) is 13.2. The van der Waals surface area contributed by atoms with E-state index in [0.29, 0.717) is 29.8 Å². The molecule has 1 aromatic heterocycles. The maximum Gasteiger partial charge on any atom is 0.255 e. The highest BCUT2D eigenvalue weighted by Crippen LogP contribution is 2.36. The minimum atomic E-state index is -0.115. The molecule has 0 spiro atoms. The van der Waals surface area contributed by atoms with E-state index in [9.17, 15) is 4.79 Å². The van der Waals surface area contributed by atoms with E-state index in [1.165, 1.54) is 0 Å². The van der Waals surface area contributed by atoms with Crippen LogP contribution in [0.5, 0.6) is 5.75 Å². The summed E-state index contributed by atoms with van der Waals surface area (Å²) in [6.07, 6.45) is 6.10. The van der Waals surface area contributed by atoms with Crippen molar-refractivity contribution in [2.24, 2.45) is 17.6 Å². The van der Waals surface area contributed by atoms with Crippen molar-refractivity contribution in [3.63, 3.8) is 0 Å². The summed E-state index contributed by atoms with van der Waals surface area (Å²) in [5.74, 6) is 1.46. The zero-order valence-corrected chi connectivity index (χ0v) is 15.9. The molecule has 0 bridgehead atoms. The van der Waals surface area contributed by atoms with Crippen LogP contribution in [0.4, 0.5) is 0 Å². The largest absolute Gasteiger partial charge is 0.493 e. The number of amides is 1. The highest BCUT2D eigenvalue weighted by atomic mass is 16.5. The van der Waals surface area contributed by atoms with Crippen LogP contribution in [0.3, 0.4) is 0 Å². The number of carbonyl (C=O) groups excluding carboxylic acids is 1. The molecule has 1 unspecified atom stereocenters. The van der Waals surface area contributed by atoms with Gasteiger partial charge in [-0.15, -0.1) is 0 Å². The summed E-state index contributed by atoms with van der Waals surface area (Å²) in [4.78, 5) is 17.6. The Labute approximate surface area is 161 Å². The highest BCUT2D eigenvalue weighted by Gasteiger charge is 2.30. The van der Waals surface area contributed by atoms with Crippen molar-refractivity contribution in [3.05, 3.63) is 59.9 Å². The van der Waals surface area contributed by atoms with E-state index in [1.54, 1.807) is 12.3 Å². The number of pyridine rings is 1. The number of rotatable bonds is 7. The van der Waals surface area contributed by atoms with Crippen LogP contribution >= 0.6 is 0 Å². The second-order valence-corrected chi connectivity index (χ2v) is 7.15. The maximum atomic E-state index is 13.0. The first kappa shape index (κ1) is 19.4. The van der Waals surface area contributed by atoms with E-state index >= 15 is 0 Å². The quantitative estimate of drug-likeness (QED) is 0.782. The van der Waals surface area contributed by atoms with Gasteiger partial charge in [-0.2, -0.15) is 0 Å². The number of hydrogen-bond donors (Lipinski definition) is 2. The van der Waals surface area contributed by atoms with Crippen molar-refractivity contribution in [3.8, 4) is 5.75 Å². The van der Waals surface area contributed by atoms with Crippen LogP contribution in [0.15, 0.2) is 48.7 Å². The molecule has 1 aliphatic carbocycles. The fraction of sp³-hybridized carbons (Fsp3) is 0.455. The molecule has 144 valence electrons. The number of aromatic nitrogens is 1. The van der Waals surface area contributed by atoms with Crippen molar-refractivity contribution in [1.29, 1.82) is 0 Å². The zero-order chi connectivity index (χ0) is 19.1. The van der Waals surface area contributed by atoms with Crippen molar-refractivity contribution >= 4 is 5.91 Å². The average Bonchev–Trinajstić information content (AvgIpc) is 2.73. The van der Waals surface area contributed by atoms with Gasteiger partial charge in [0.25, 0.3) is 5.91 Å². The lowest BCUT2D eigenvalue weighted by Crippen LogP contribution is -2.36. The van der Waals surface area contributed by atoms with Gasteiger partial charge in [0.2, 0.25) is 0 Å². The summed E-state index contributed by atoms with van der Waals surface area (Å²) in [6, 6.07) is 13.1. The Morgan fingerprint density at radius 3 is 2.59 bits per heavy atom. The highest BCUT2D eigenvalue weighted by molar-refractivity contribution is 5.97. The molecule has 3 N–H and O–H groups in total. The second kappa shape index (κ2) is 9.51. The van der Waals surface area contributed by atoms with E-state index in [-0.39, 0.29) is 11.9 Å². The van der Waals surface area contributed by atoms with Crippen LogP contribution in [-0.4, -0.2) is 24.0 Å². The first-order valence-electron chi connectivity index (χ1n) is 9.86. The van der Waals surface area contributed by atoms with Crippen molar-refractivity contribution in [1.82, 2.24) is 10.3 Å². The summed E-state index contributed by atoms with van der Waals surface area (Å²) in [5, 5.41) is 3.24. The van der Waals surface area contributed by atoms with Crippen LogP contribution in [0.2, 0.25) is 0 Å². The van der Waals surface area contributed by atoms with Gasteiger partial charge in [0.15, 0.2) is 0 Å². The van der Waals surface area contributed by atoms with Gasteiger partial charge in [-0.05, 0) is 75.3 Å². The van der Waals surface area contributed by atoms with E-state index < -0.39 is 0 Å². The molecule has 0 saturated heterocycles. The van der Waals surface area contributed by atoms with Gasteiger partial charge in [-0.1, -0.05) is 18.2 Å². The van der Waals surface area contributed by atoms with Gasteiger partial charge in [0.05, 0.1) is 23.9 Å². The third-order valence-electron chi connectivity index (χ3n) is 5.42. The Bertz CT molecular complexity index is 727. The molecule has 0 aliphatic heterocycles. The number of nitrogens with zero attached hydrogens (tertiary/aromatic N) is 1. The minimum Gasteiger partial charge on any atom is -0.493 e. The number of nitrogens with one attached hydrogen (secondary N) is 1. The fourth-order valence-corrected chi connectivity index (χ4v) is 3.91. The molecule has 27 heavy (non-hydrogen) atoms. The number of para-hydroxylation sites is 1. The fourth-order valence-electron chi connectivity index (χ4n) is 3.91. The van der Waals surface area contributed by atoms with E-state index in [2.05, 4.69) is 10.3 Å². The predicted molar refractivity (Wildman–Crippen MR) is 107 cm³/mol. The number of ether oxygens (including phenoxy) is 1. The molecule has 0 radical (unpaired) electrons. The van der Waals surface area contributed by atoms with Crippen LogP contribution in [-0.2, 0) is 0 Å². The molecule has 1 saturated carbocycles. The molecule has 2 aromatic rings. The maximum absolute atomic E-state index is 13.0. The Kier molecular flexibility index (Phi) is 6.82. The number of hydrogen-bond acceptors (Lipinski definition) is 4. The van der Waals surface area contributed by atoms with Gasteiger partial charge in [-0.3, -0.25) is 9.78 Å². The van der Waals surface area contributed by atoms with Gasteiger partial charge >= 0.3 is 0 Å². The summed E-state index contributed by atoms with van der Waals surface area (Å²) in [7, 11) is 0. The molecule has 3 rings (SSSR count). The summed E-state index contributed by atoms with van der Waals surface area (Å²) in [5.41, 5.74) is 7.32. The second-order valence-electron chi connectivity index (χ2n) is 7.15. The van der Waals surface area contributed by atoms with Crippen LogP contribution in [0, 0.1) is 11.8 Å². The van der Waals surface area contributed by atoms with Gasteiger partial charge in [0.1, 0.15) is 5.75 Å². The Hall–Kier alpha value is -2.40. The minimum absolute atomic E-state index is 0.105. The van der Waals surface area contributed by atoms with Crippen LogP contribution in [0.25, 0.3) is 0 Å². The van der Waals surface area contributed by atoms with E-state index in [0.717, 1.165) is 37.9 Å². The zero-order valence-electron chi connectivity index (χ0n) is 15.9. The lowest BCUT2D eigenvalue weighted by Gasteiger charge is -2.33. The van der Waals surface area contributed by atoms with Gasteiger partial charge in [0, 0.05) is 6.20 Å².